The predicted octanol–water partition coefficient (Wildman–Crippen LogP) is 11.2. The number of hydrogen-bond acceptors (Lipinski definition) is 18. The van der Waals surface area contributed by atoms with Crippen molar-refractivity contribution in [1.82, 2.24) is 9.97 Å². The number of aromatic nitrogens is 2. The summed E-state index contributed by atoms with van der Waals surface area (Å²) in [6.45, 7) is 18.5. The maximum atomic E-state index is 8.63. The van der Waals surface area contributed by atoms with Gasteiger partial charge in [0.25, 0.3) is 0 Å². The van der Waals surface area contributed by atoms with Crippen LogP contribution in [0.1, 0.15) is 123 Å². The van der Waals surface area contributed by atoms with E-state index >= 15 is 0 Å². The molecule has 4 aromatic rings. The third-order valence-electron chi connectivity index (χ3n) is 12.2. The highest BCUT2D eigenvalue weighted by molar-refractivity contribution is 5.75. The normalized spacial score (nSPS) is 11.2. The number of allylic oxidation sites excluding steroid dienone is 2. The van der Waals surface area contributed by atoms with Gasteiger partial charge in [-0.2, -0.15) is 0 Å². The van der Waals surface area contributed by atoms with Crippen LogP contribution in [0.2, 0.25) is 0 Å². The van der Waals surface area contributed by atoms with Crippen LogP contribution in [-0.4, -0.2) is 191 Å². The number of aliphatic hydroxyl groups excluding tert-OH is 4. The first-order valence-corrected chi connectivity index (χ1v) is 30.2. The van der Waals surface area contributed by atoms with Crippen molar-refractivity contribution in [3.05, 3.63) is 118 Å². The Hall–Kier alpha value is -5.58. The zero-order valence-electron chi connectivity index (χ0n) is 53.2. The molecule has 18 nitrogen and oxygen atoms in total. The standard InChI is InChI=1S/2C19H21NO2.C18H38O6.C12H26O6/c2*1-5-6-17-10-8-15(13-20-17)7-9-16-12-18(21-3)14(2)11-19(16)22-4;19-9-3-1-5-11-21-15-17-23-13-7-8-14-24-18-16-22-12-6-2-4-10-20;13-3-7-17-11-9-15-5-1-2-6-16-10-12-18-8-4-14/h2*5-13H,1-4H3;19-20H,1-18H2;13-14H,1-12H2/b2*6-5+,9-7+;;. The summed E-state index contributed by atoms with van der Waals surface area (Å²) in [5.74, 6) is 3.35. The van der Waals surface area contributed by atoms with E-state index in [0.29, 0.717) is 79.3 Å². The van der Waals surface area contributed by atoms with Gasteiger partial charge in [-0.15, -0.1) is 0 Å². The van der Waals surface area contributed by atoms with Gasteiger partial charge in [0.1, 0.15) is 23.0 Å². The molecule has 0 amide bonds. The Kier molecular flexibility index (Phi) is 52.1. The second-order valence-electron chi connectivity index (χ2n) is 19.2. The van der Waals surface area contributed by atoms with Crippen molar-refractivity contribution >= 4 is 36.5 Å². The van der Waals surface area contributed by atoms with E-state index in [1.54, 1.807) is 28.4 Å². The molecular formula is C68H106N2O16. The van der Waals surface area contributed by atoms with Crippen LogP contribution in [0, 0.1) is 13.8 Å². The Morgan fingerprint density at radius 1 is 0.326 bits per heavy atom. The number of benzene rings is 2. The summed E-state index contributed by atoms with van der Waals surface area (Å²) in [7, 11) is 6.69. The molecule has 0 atom stereocenters. The van der Waals surface area contributed by atoms with E-state index in [2.05, 4.69) is 9.97 Å². The topological polar surface area (TPSA) is 217 Å². The maximum Gasteiger partial charge on any atom is 0.126 e. The third-order valence-corrected chi connectivity index (χ3v) is 12.2. The Bertz CT molecular complexity index is 2150. The summed E-state index contributed by atoms with van der Waals surface area (Å²) in [5.41, 5.74) is 8.03. The van der Waals surface area contributed by atoms with Crippen LogP contribution in [0.5, 0.6) is 23.0 Å². The van der Waals surface area contributed by atoms with Gasteiger partial charge < -0.3 is 77.3 Å². The number of nitrogens with zero attached hydrogens (tertiary/aromatic N) is 2. The summed E-state index contributed by atoms with van der Waals surface area (Å²) in [5, 5.41) is 34.2. The minimum Gasteiger partial charge on any atom is -0.496 e. The van der Waals surface area contributed by atoms with Crippen LogP contribution in [0.15, 0.2) is 73.1 Å². The fourth-order valence-corrected chi connectivity index (χ4v) is 7.57. The number of methoxy groups -OCH3 is 4. The first-order valence-electron chi connectivity index (χ1n) is 30.2. The molecule has 2 aromatic heterocycles. The number of ether oxygens (including phenoxy) is 12. The lowest BCUT2D eigenvalue weighted by molar-refractivity contribution is 0.0221. The zero-order valence-corrected chi connectivity index (χ0v) is 53.2. The largest absolute Gasteiger partial charge is 0.496 e. The highest BCUT2D eigenvalue weighted by Crippen LogP contribution is 2.31. The van der Waals surface area contributed by atoms with Crippen LogP contribution in [0.3, 0.4) is 0 Å². The molecule has 0 bridgehead atoms. The first kappa shape index (κ1) is 78.4. The number of rotatable bonds is 46. The van der Waals surface area contributed by atoms with Crippen LogP contribution < -0.4 is 18.9 Å². The van der Waals surface area contributed by atoms with Gasteiger partial charge >= 0.3 is 0 Å². The van der Waals surface area contributed by atoms with Crippen molar-refractivity contribution in [2.75, 3.05) is 161 Å². The lowest BCUT2D eigenvalue weighted by Gasteiger charge is -2.10. The van der Waals surface area contributed by atoms with Crippen molar-refractivity contribution in [2.24, 2.45) is 0 Å². The summed E-state index contributed by atoms with van der Waals surface area (Å²) < 4.78 is 64.2. The van der Waals surface area contributed by atoms with Gasteiger partial charge in [-0.3, -0.25) is 9.97 Å². The lowest BCUT2D eigenvalue weighted by Crippen LogP contribution is -2.09. The molecule has 18 heteroatoms. The predicted molar refractivity (Wildman–Crippen MR) is 345 cm³/mol. The molecule has 0 radical (unpaired) electrons. The second-order valence-corrected chi connectivity index (χ2v) is 19.2. The monoisotopic (exact) mass is 1210 g/mol. The minimum absolute atomic E-state index is 0.0549. The first-order chi connectivity index (χ1) is 42.2. The van der Waals surface area contributed by atoms with Crippen molar-refractivity contribution in [1.29, 1.82) is 0 Å². The van der Waals surface area contributed by atoms with E-state index in [-0.39, 0.29) is 26.4 Å². The molecule has 4 rings (SSSR count). The highest BCUT2D eigenvalue weighted by atomic mass is 16.5. The average Bonchev–Trinajstić information content (AvgIpc) is 3.65. The van der Waals surface area contributed by atoms with Crippen molar-refractivity contribution in [3.8, 4) is 23.0 Å². The van der Waals surface area contributed by atoms with Gasteiger partial charge in [0.2, 0.25) is 0 Å². The van der Waals surface area contributed by atoms with Crippen LogP contribution in [-0.2, 0) is 37.9 Å². The van der Waals surface area contributed by atoms with E-state index in [4.69, 9.17) is 77.3 Å². The number of hydrogen-bond donors (Lipinski definition) is 4. The molecule has 0 unspecified atom stereocenters. The van der Waals surface area contributed by atoms with Crippen LogP contribution in [0.4, 0.5) is 0 Å². The lowest BCUT2D eigenvalue weighted by atomic mass is 10.1. The summed E-state index contributed by atoms with van der Waals surface area (Å²) >= 11 is 0. The van der Waals surface area contributed by atoms with E-state index in [1.165, 1.54) is 0 Å². The molecule has 484 valence electrons. The Balaban J connectivity index is 0.000000576. The van der Waals surface area contributed by atoms with Crippen molar-refractivity contribution in [2.45, 2.75) is 91.9 Å². The van der Waals surface area contributed by atoms with Crippen molar-refractivity contribution < 1.29 is 77.3 Å². The molecule has 0 saturated carbocycles. The summed E-state index contributed by atoms with van der Waals surface area (Å²) in [4.78, 5) is 8.75. The van der Waals surface area contributed by atoms with Crippen molar-refractivity contribution in [3.63, 3.8) is 0 Å². The molecule has 0 aliphatic carbocycles. The fraction of sp³-hybridized carbons (Fsp3) is 0.559. The van der Waals surface area contributed by atoms with E-state index in [1.807, 2.05) is 137 Å². The van der Waals surface area contributed by atoms with Gasteiger partial charge in [0.15, 0.2) is 0 Å². The van der Waals surface area contributed by atoms with E-state index < -0.39 is 0 Å². The summed E-state index contributed by atoms with van der Waals surface area (Å²) in [6, 6.07) is 16.0. The SMILES string of the molecule is C/C=C/c1ccc(/C=C/c2cc(OC)c(C)cc2OC)cn1.C/C=C/c1ccc(/C=C/c2cc(OC)c(C)cc2OC)cn1.OCCCCCOCCOCCCCOCCOCCCCCO.OCCOCCOCCCCOCCOCCO. The van der Waals surface area contributed by atoms with Gasteiger partial charge in [-0.05, 0) is 163 Å². The Morgan fingerprint density at radius 3 is 0.884 bits per heavy atom. The molecule has 0 spiro atoms. The van der Waals surface area contributed by atoms with Gasteiger partial charge in [0, 0.05) is 76.4 Å². The molecule has 4 N–H and O–H groups in total. The van der Waals surface area contributed by atoms with Crippen LogP contribution >= 0.6 is 0 Å². The maximum absolute atomic E-state index is 8.63. The van der Waals surface area contributed by atoms with E-state index in [0.717, 1.165) is 158 Å². The molecule has 2 heterocycles. The molecule has 2 aromatic carbocycles. The zero-order chi connectivity index (χ0) is 62.8. The third kappa shape index (κ3) is 41.5. The van der Waals surface area contributed by atoms with Gasteiger partial charge in [0.05, 0.1) is 119 Å². The quantitative estimate of drug-likeness (QED) is 0.0302. The Morgan fingerprint density at radius 2 is 0.628 bits per heavy atom. The molecule has 0 aliphatic rings. The van der Waals surface area contributed by atoms with E-state index in [9.17, 15) is 0 Å². The molecule has 0 fully saturated rings. The second kappa shape index (κ2) is 57.2. The number of pyridine rings is 2. The molecule has 86 heavy (non-hydrogen) atoms. The number of unbranched alkanes of at least 4 members (excludes halogenated alkanes) is 6. The van der Waals surface area contributed by atoms with Crippen LogP contribution in [0.25, 0.3) is 36.5 Å². The minimum atomic E-state index is 0.0549. The number of aryl methyl sites for hydroxylation is 2. The Labute approximate surface area is 515 Å². The molecule has 0 aliphatic heterocycles. The number of aliphatic hydroxyl groups is 4. The van der Waals surface area contributed by atoms with Gasteiger partial charge in [-0.1, -0.05) is 48.6 Å². The highest BCUT2D eigenvalue weighted by Gasteiger charge is 2.08. The van der Waals surface area contributed by atoms with Gasteiger partial charge in [-0.25, -0.2) is 0 Å². The molecule has 0 saturated heterocycles. The smallest absolute Gasteiger partial charge is 0.126 e. The summed E-state index contributed by atoms with van der Waals surface area (Å²) in [6.07, 6.45) is 29.3. The average molecular weight is 1210 g/mol. The fourth-order valence-electron chi connectivity index (χ4n) is 7.57. The molecular weight excluding hydrogens is 1100 g/mol.